The van der Waals surface area contributed by atoms with Gasteiger partial charge in [-0.2, -0.15) is 0 Å². The number of hydrogen-bond donors (Lipinski definition) is 0. The summed E-state index contributed by atoms with van der Waals surface area (Å²) in [6, 6.07) is 6.93. The molecule has 0 aromatic carbocycles. The van der Waals surface area contributed by atoms with E-state index in [0.29, 0.717) is 63.5 Å². The number of piperidine rings is 1. The van der Waals surface area contributed by atoms with Crippen LogP contribution < -0.4 is 4.90 Å². The molecule has 9 nitrogen and oxygen atoms in total. The van der Waals surface area contributed by atoms with Crippen LogP contribution in [0.3, 0.4) is 0 Å². The van der Waals surface area contributed by atoms with Crippen molar-refractivity contribution < 1.29 is 23.5 Å². The first-order valence-electron chi connectivity index (χ1n) is 11.6. The summed E-state index contributed by atoms with van der Waals surface area (Å²) in [6.45, 7) is 6.05. The first-order valence-corrected chi connectivity index (χ1v) is 11.6. The molecule has 2 aromatic heterocycles. The average molecular weight is 455 g/mol. The molecule has 176 valence electrons. The van der Waals surface area contributed by atoms with Gasteiger partial charge in [0.1, 0.15) is 5.82 Å². The molecule has 4 rings (SSSR count). The molecule has 2 aromatic rings. The zero-order chi connectivity index (χ0) is 23.2. The Labute approximate surface area is 193 Å². The van der Waals surface area contributed by atoms with E-state index < -0.39 is 0 Å². The lowest BCUT2D eigenvalue weighted by Gasteiger charge is -2.33. The Balaban J connectivity index is 1.28. The van der Waals surface area contributed by atoms with Gasteiger partial charge in [0.15, 0.2) is 5.76 Å². The average Bonchev–Trinajstić information content (AvgIpc) is 3.28. The van der Waals surface area contributed by atoms with E-state index in [9.17, 15) is 14.4 Å². The van der Waals surface area contributed by atoms with E-state index in [4.69, 9.17) is 9.15 Å². The summed E-state index contributed by atoms with van der Waals surface area (Å²) < 4.78 is 10.2. The predicted octanol–water partition coefficient (Wildman–Crippen LogP) is 2.44. The van der Waals surface area contributed by atoms with Crippen molar-refractivity contribution in [3.05, 3.63) is 48.0 Å². The van der Waals surface area contributed by atoms with Crippen LogP contribution in [0.2, 0.25) is 0 Å². The van der Waals surface area contributed by atoms with Crippen molar-refractivity contribution in [2.24, 2.45) is 5.92 Å². The summed E-state index contributed by atoms with van der Waals surface area (Å²) in [5, 5.41) is 0. The van der Waals surface area contributed by atoms with E-state index in [1.807, 2.05) is 11.0 Å². The number of carbonyl (C=O) groups is 3. The molecule has 0 saturated carbocycles. The normalized spacial score (nSPS) is 17.5. The molecular weight excluding hydrogens is 424 g/mol. The number of furan rings is 1. The minimum atomic E-state index is -0.374. The van der Waals surface area contributed by atoms with E-state index in [1.165, 1.54) is 6.26 Å². The zero-order valence-corrected chi connectivity index (χ0v) is 18.9. The van der Waals surface area contributed by atoms with Crippen LogP contribution in [0.25, 0.3) is 0 Å². The number of amides is 2. The smallest absolute Gasteiger partial charge is 0.339 e. The minimum absolute atomic E-state index is 0.0563. The molecule has 2 saturated heterocycles. The van der Waals surface area contributed by atoms with Gasteiger partial charge in [-0.25, -0.2) is 9.78 Å². The second-order valence-corrected chi connectivity index (χ2v) is 8.34. The van der Waals surface area contributed by atoms with Crippen LogP contribution in [0.5, 0.6) is 0 Å². The van der Waals surface area contributed by atoms with Crippen LogP contribution >= 0.6 is 0 Å². The summed E-state index contributed by atoms with van der Waals surface area (Å²) in [4.78, 5) is 47.7. The Morgan fingerprint density at radius 1 is 1.03 bits per heavy atom. The number of pyridine rings is 1. The largest absolute Gasteiger partial charge is 0.462 e. The molecule has 0 unspecified atom stereocenters. The fraction of sp³-hybridized carbons (Fsp3) is 0.500. The molecular formula is C24H30N4O5. The van der Waals surface area contributed by atoms with Crippen molar-refractivity contribution in [3.63, 3.8) is 0 Å². The SMILES string of the molecule is CCOC(=O)c1ccc(N2CCCN(C(=O)C3CCN(C(=O)c4ccco4)CC3)CC2)nc1. The summed E-state index contributed by atoms with van der Waals surface area (Å²) in [5.74, 6) is 0.768. The van der Waals surface area contributed by atoms with E-state index in [1.54, 1.807) is 36.2 Å². The molecule has 2 aliphatic rings. The number of hydrogen-bond acceptors (Lipinski definition) is 7. The number of ether oxygens (including phenoxy) is 1. The summed E-state index contributed by atoms with van der Waals surface area (Å²) >= 11 is 0. The molecule has 2 fully saturated rings. The molecule has 33 heavy (non-hydrogen) atoms. The number of aromatic nitrogens is 1. The molecule has 2 amide bonds. The van der Waals surface area contributed by atoms with Crippen LogP contribution in [-0.2, 0) is 9.53 Å². The van der Waals surface area contributed by atoms with Gasteiger partial charge in [-0.15, -0.1) is 0 Å². The first-order chi connectivity index (χ1) is 16.1. The standard InChI is InChI=1S/C24H30N4O5/c1-2-32-24(31)19-6-7-21(25-17-19)26-10-4-11-27(15-14-26)22(29)18-8-12-28(13-9-18)23(30)20-5-3-16-33-20/h3,5-7,16-18H,2,4,8-15H2,1H3. The third kappa shape index (κ3) is 5.35. The van der Waals surface area contributed by atoms with Gasteiger partial charge in [0, 0.05) is 51.4 Å². The van der Waals surface area contributed by atoms with Crippen LogP contribution in [0.15, 0.2) is 41.1 Å². The van der Waals surface area contributed by atoms with Crippen LogP contribution in [0.1, 0.15) is 47.1 Å². The van der Waals surface area contributed by atoms with Crippen molar-refractivity contribution in [1.82, 2.24) is 14.8 Å². The van der Waals surface area contributed by atoms with Gasteiger partial charge >= 0.3 is 5.97 Å². The number of anilines is 1. The Bertz CT molecular complexity index is 952. The summed E-state index contributed by atoms with van der Waals surface area (Å²) in [5.41, 5.74) is 0.434. The highest BCUT2D eigenvalue weighted by Crippen LogP contribution is 2.23. The third-order valence-corrected chi connectivity index (χ3v) is 6.25. The van der Waals surface area contributed by atoms with Crippen molar-refractivity contribution in [2.45, 2.75) is 26.2 Å². The Hall–Kier alpha value is -3.36. The number of rotatable bonds is 5. The number of nitrogens with zero attached hydrogens (tertiary/aromatic N) is 4. The fourth-order valence-corrected chi connectivity index (χ4v) is 4.42. The van der Waals surface area contributed by atoms with E-state index in [2.05, 4.69) is 9.88 Å². The Morgan fingerprint density at radius 3 is 2.52 bits per heavy atom. The molecule has 0 radical (unpaired) electrons. The van der Waals surface area contributed by atoms with E-state index in [0.717, 1.165) is 18.8 Å². The second kappa shape index (κ2) is 10.5. The van der Waals surface area contributed by atoms with Crippen LogP contribution in [0.4, 0.5) is 5.82 Å². The Kier molecular flexibility index (Phi) is 7.26. The molecule has 2 aliphatic heterocycles. The van der Waals surface area contributed by atoms with Gasteiger partial charge in [-0.1, -0.05) is 0 Å². The van der Waals surface area contributed by atoms with Crippen molar-refractivity contribution in [1.29, 1.82) is 0 Å². The molecule has 0 N–H and O–H groups in total. The maximum atomic E-state index is 13.2. The highest BCUT2D eigenvalue weighted by Gasteiger charge is 2.32. The molecule has 9 heteroatoms. The van der Waals surface area contributed by atoms with Crippen molar-refractivity contribution in [3.8, 4) is 0 Å². The van der Waals surface area contributed by atoms with Gasteiger partial charge in [-0.3, -0.25) is 9.59 Å². The van der Waals surface area contributed by atoms with E-state index in [-0.39, 0.29) is 23.7 Å². The third-order valence-electron chi connectivity index (χ3n) is 6.25. The van der Waals surface area contributed by atoms with Crippen molar-refractivity contribution >= 4 is 23.6 Å². The Morgan fingerprint density at radius 2 is 1.85 bits per heavy atom. The summed E-state index contributed by atoms with van der Waals surface area (Å²) in [7, 11) is 0. The fourth-order valence-electron chi connectivity index (χ4n) is 4.42. The van der Waals surface area contributed by atoms with Crippen molar-refractivity contribution in [2.75, 3.05) is 50.8 Å². The van der Waals surface area contributed by atoms with Crippen LogP contribution in [0, 0.1) is 5.92 Å². The van der Waals surface area contributed by atoms with Gasteiger partial charge in [0.25, 0.3) is 5.91 Å². The lowest BCUT2D eigenvalue weighted by atomic mass is 9.95. The maximum absolute atomic E-state index is 13.2. The van der Waals surface area contributed by atoms with Gasteiger partial charge in [-0.05, 0) is 50.5 Å². The highest BCUT2D eigenvalue weighted by molar-refractivity contribution is 5.91. The number of likely N-dealkylation sites (tertiary alicyclic amines) is 1. The highest BCUT2D eigenvalue weighted by atomic mass is 16.5. The van der Waals surface area contributed by atoms with E-state index >= 15 is 0 Å². The second-order valence-electron chi connectivity index (χ2n) is 8.34. The number of esters is 1. The van der Waals surface area contributed by atoms with Crippen LogP contribution in [-0.4, -0.2) is 78.4 Å². The summed E-state index contributed by atoms with van der Waals surface area (Å²) in [6.07, 6.45) is 5.23. The molecule has 0 aliphatic carbocycles. The number of carbonyl (C=O) groups excluding carboxylic acids is 3. The lowest BCUT2D eigenvalue weighted by molar-refractivity contribution is -0.136. The minimum Gasteiger partial charge on any atom is -0.462 e. The molecule has 4 heterocycles. The topological polar surface area (TPSA) is 96.2 Å². The predicted molar refractivity (Wildman–Crippen MR) is 121 cm³/mol. The maximum Gasteiger partial charge on any atom is 0.339 e. The molecule has 0 atom stereocenters. The zero-order valence-electron chi connectivity index (χ0n) is 18.9. The van der Waals surface area contributed by atoms with Gasteiger partial charge < -0.3 is 23.9 Å². The monoisotopic (exact) mass is 454 g/mol. The lowest BCUT2D eigenvalue weighted by Crippen LogP contribution is -2.45. The molecule has 0 bridgehead atoms. The van der Waals surface area contributed by atoms with Gasteiger partial charge in [0.05, 0.1) is 18.4 Å². The molecule has 0 spiro atoms. The quantitative estimate of drug-likeness (QED) is 0.640. The first kappa shape index (κ1) is 22.8. The van der Waals surface area contributed by atoms with Gasteiger partial charge in [0.2, 0.25) is 5.91 Å².